The first-order chi connectivity index (χ1) is 13.8. The molecule has 1 aromatic heterocycles. The van der Waals surface area contributed by atoms with E-state index in [4.69, 9.17) is 10.5 Å². The third-order valence-corrected chi connectivity index (χ3v) is 4.52. The van der Waals surface area contributed by atoms with Crippen molar-refractivity contribution in [3.8, 4) is 11.3 Å². The summed E-state index contributed by atoms with van der Waals surface area (Å²) >= 11 is 0. The second-order valence-electron chi connectivity index (χ2n) is 6.68. The van der Waals surface area contributed by atoms with E-state index in [0.29, 0.717) is 45.9 Å². The number of aromatic nitrogens is 2. The summed E-state index contributed by atoms with van der Waals surface area (Å²) in [5, 5.41) is 9.80. The van der Waals surface area contributed by atoms with Gasteiger partial charge >= 0.3 is 6.03 Å². The molecule has 0 saturated heterocycles. The first-order valence-electron chi connectivity index (χ1n) is 9.16. The number of ketones is 2. The maximum Gasteiger partial charge on any atom is 0.316 e. The summed E-state index contributed by atoms with van der Waals surface area (Å²) in [5.41, 5.74) is 9.10. The largest absolute Gasteiger partial charge is 0.490 e. The minimum atomic E-state index is -0.736. The van der Waals surface area contributed by atoms with Gasteiger partial charge in [-0.25, -0.2) is 4.79 Å². The Labute approximate surface area is 167 Å². The molecule has 0 fully saturated rings. The molecule has 150 valence electrons. The topological polar surface area (TPSA) is 127 Å². The molecule has 0 saturated carbocycles. The van der Waals surface area contributed by atoms with Crippen LogP contribution >= 0.6 is 0 Å². The summed E-state index contributed by atoms with van der Waals surface area (Å²) in [6.07, 6.45) is 4.20. The number of fused-ring (bicyclic) bond motifs is 3. The number of amides is 2. The van der Waals surface area contributed by atoms with Crippen LogP contribution in [0.5, 0.6) is 0 Å². The van der Waals surface area contributed by atoms with E-state index >= 15 is 0 Å². The van der Waals surface area contributed by atoms with Crippen molar-refractivity contribution in [2.24, 2.45) is 5.73 Å². The number of benzene rings is 1. The molecule has 2 aromatic rings. The lowest BCUT2D eigenvalue weighted by Crippen LogP contribution is -2.20. The number of aromatic amines is 1. The molecule has 0 bridgehead atoms. The summed E-state index contributed by atoms with van der Waals surface area (Å²) in [6.45, 7) is 5.18. The Kier molecular flexibility index (Phi) is 5.63. The van der Waals surface area contributed by atoms with E-state index in [1.165, 1.54) is 6.92 Å². The van der Waals surface area contributed by atoms with Crippen LogP contribution in [0.25, 0.3) is 16.8 Å². The molecule has 2 amide bonds. The molecule has 8 nitrogen and oxygen atoms in total. The van der Waals surface area contributed by atoms with Gasteiger partial charge < -0.3 is 15.8 Å². The maximum atomic E-state index is 13.2. The van der Waals surface area contributed by atoms with Crippen LogP contribution in [-0.4, -0.2) is 34.4 Å². The van der Waals surface area contributed by atoms with Crippen molar-refractivity contribution in [1.29, 1.82) is 0 Å². The van der Waals surface area contributed by atoms with Crippen molar-refractivity contribution in [3.05, 3.63) is 52.9 Å². The lowest BCUT2D eigenvalue weighted by atomic mass is 10.0. The van der Waals surface area contributed by atoms with Crippen molar-refractivity contribution in [2.45, 2.75) is 27.2 Å². The Hall–Kier alpha value is -3.68. The molecule has 0 spiro atoms. The third kappa shape index (κ3) is 3.96. The number of nitrogens with zero attached hydrogens (tertiary/aromatic N) is 1. The minimum Gasteiger partial charge on any atom is -0.490 e. The second kappa shape index (κ2) is 8.14. The van der Waals surface area contributed by atoms with E-state index in [1.54, 1.807) is 31.2 Å². The smallest absolute Gasteiger partial charge is 0.316 e. The number of nitrogens with one attached hydrogen (secondary N) is 2. The number of Topliss-reactive ketones (excluding diaryl/α,β-unsaturated/α-hetero) is 1. The molecule has 1 aliphatic rings. The van der Waals surface area contributed by atoms with Crippen LogP contribution in [0.15, 0.2) is 36.1 Å². The molecular formula is C21H22N4O4. The average molecular weight is 394 g/mol. The van der Waals surface area contributed by atoms with E-state index < -0.39 is 6.03 Å². The molecule has 1 heterocycles. The summed E-state index contributed by atoms with van der Waals surface area (Å²) in [6, 6.07) is 4.43. The molecule has 0 unspecified atom stereocenters. The molecule has 8 heteroatoms. The van der Waals surface area contributed by atoms with Gasteiger partial charge in [-0.15, -0.1) is 0 Å². The number of ether oxygens (including phenoxy) is 1. The highest BCUT2D eigenvalue weighted by Crippen LogP contribution is 2.42. The predicted octanol–water partition coefficient (Wildman–Crippen LogP) is 3.41. The van der Waals surface area contributed by atoms with Crippen LogP contribution in [0.1, 0.15) is 48.8 Å². The molecule has 1 aromatic carbocycles. The number of urea groups is 1. The third-order valence-electron chi connectivity index (χ3n) is 4.52. The number of allylic oxidation sites excluding steroid dienone is 4. The SMILES string of the molecule is CC/C(=C\C=C(/C)OCC(C)=O)c1n[nH]c2c1C(=O)c1c(NC(N)=O)cccc1-2. The quantitative estimate of drug-likeness (QED) is 0.418. The number of hydrogen-bond donors (Lipinski definition) is 3. The Morgan fingerprint density at radius 3 is 2.66 bits per heavy atom. The van der Waals surface area contributed by atoms with Gasteiger partial charge in [-0.05, 0) is 38.0 Å². The summed E-state index contributed by atoms with van der Waals surface area (Å²) in [7, 11) is 0. The summed E-state index contributed by atoms with van der Waals surface area (Å²) in [5.74, 6) is 0.295. The Morgan fingerprint density at radius 1 is 1.24 bits per heavy atom. The number of nitrogens with two attached hydrogens (primary N) is 1. The lowest BCUT2D eigenvalue weighted by molar-refractivity contribution is -0.120. The average Bonchev–Trinajstić information content (AvgIpc) is 3.21. The lowest BCUT2D eigenvalue weighted by Gasteiger charge is -2.08. The fourth-order valence-electron chi connectivity index (χ4n) is 3.20. The highest BCUT2D eigenvalue weighted by Gasteiger charge is 2.35. The normalized spacial score (nSPS) is 13.1. The molecule has 0 radical (unpaired) electrons. The zero-order valence-electron chi connectivity index (χ0n) is 16.5. The fraction of sp³-hybridized carbons (Fsp3) is 0.238. The zero-order chi connectivity index (χ0) is 21.1. The van der Waals surface area contributed by atoms with Crippen LogP contribution in [0, 0.1) is 0 Å². The van der Waals surface area contributed by atoms with Crippen LogP contribution < -0.4 is 11.1 Å². The first kappa shape index (κ1) is 20.1. The number of hydrogen-bond acceptors (Lipinski definition) is 5. The van der Waals surface area contributed by atoms with Gasteiger partial charge in [-0.3, -0.25) is 14.7 Å². The van der Waals surface area contributed by atoms with Crippen molar-refractivity contribution in [2.75, 3.05) is 11.9 Å². The first-order valence-corrected chi connectivity index (χ1v) is 9.16. The van der Waals surface area contributed by atoms with Crippen LogP contribution in [0.3, 0.4) is 0 Å². The number of carbonyl (C=O) groups is 3. The predicted molar refractivity (Wildman–Crippen MR) is 109 cm³/mol. The summed E-state index contributed by atoms with van der Waals surface area (Å²) < 4.78 is 5.35. The van der Waals surface area contributed by atoms with Crippen LogP contribution in [-0.2, 0) is 9.53 Å². The fourth-order valence-corrected chi connectivity index (χ4v) is 3.20. The standard InChI is InChI=1S/C21H22N4O4/c1-4-13(9-8-12(3)29-10-11(2)26)18-17-19(25-24-18)14-6-5-7-15(23-21(22)28)16(14)20(17)27/h5-9H,4,10H2,1-3H3,(H,24,25)(H3,22,23,28)/b12-8+,13-9+. The molecule has 0 atom stereocenters. The van der Waals surface area contributed by atoms with Gasteiger partial charge in [0.1, 0.15) is 6.61 Å². The van der Waals surface area contributed by atoms with Crippen molar-refractivity contribution in [3.63, 3.8) is 0 Å². The molecule has 0 aliphatic heterocycles. The van der Waals surface area contributed by atoms with Crippen molar-refractivity contribution in [1.82, 2.24) is 10.2 Å². The Bertz CT molecular complexity index is 1060. The second-order valence-corrected chi connectivity index (χ2v) is 6.68. The number of rotatable bonds is 7. The van der Waals surface area contributed by atoms with Gasteiger partial charge in [0.05, 0.1) is 34.0 Å². The summed E-state index contributed by atoms with van der Waals surface area (Å²) in [4.78, 5) is 35.5. The van der Waals surface area contributed by atoms with Crippen molar-refractivity contribution >= 4 is 28.9 Å². The number of H-pyrrole nitrogens is 1. The van der Waals surface area contributed by atoms with Gasteiger partial charge in [-0.1, -0.05) is 25.1 Å². The van der Waals surface area contributed by atoms with Crippen LogP contribution in [0.2, 0.25) is 0 Å². The van der Waals surface area contributed by atoms with E-state index in [0.717, 1.165) is 5.57 Å². The van der Waals surface area contributed by atoms with Crippen LogP contribution in [0.4, 0.5) is 10.5 Å². The zero-order valence-corrected chi connectivity index (χ0v) is 16.5. The maximum absolute atomic E-state index is 13.2. The molecular weight excluding hydrogens is 372 g/mol. The number of anilines is 1. The van der Waals surface area contributed by atoms with E-state index in [2.05, 4.69) is 15.5 Å². The highest BCUT2D eigenvalue weighted by molar-refractivity contribution is 6.26. The van der Waals surface area contributed by atoms with E-state index in [9.17, 15) is 14.4 Å². The monoisotopic (exact) mass is 394 g/mol. The Balaban J connectivity index is 1.98. The van der Waals surface area contributed by atoms with Gasteiger partial charge in [-0.2, -0.15) is 5.10 Å². The minimum absolute atomic E-state index is 0.0128. The Morgan fingerprint density at radius 2 is 2.00 bits per heavy atom. The molecule has 1 aliphatic carbocycles. The van der Waals surface area contributed by atoms with Gasteiger partial charge in [0.2, 0.25) is 0 Å². The van der Waals surface area contributed by atoms with Gasteiger partial charge in [0.25, 0.3) is 0 Å². The van der Waals surface area contributed by atoms with Gasteiger partial charge in [0, 0.05) is 5.56 Å². The van der Waals surface area contributed by atoms with Gasteiger partial charge in [0.15, 0.2) is 11.6 Å². The molecule has 4 N–H and O–H groups in total. The molecule has 3 rings (SSSR count). The number of carbonyl (C=O) groups excluding carboxylic acids is 3. The molecule has 29 heavy (non-hydrogen) atoms. The van der Waals surface area contributed by atoms with E-state index in [-0.39, 0.29) is 18.2 Å². The highest BCUT2D eigenvalue weighted by atomic mass is 16.5. The number of primary amides is 1. The van der Waals surface area contributed by atoms with E-state index in [1.807, 2.05) is 13.0 Å². The van der Waals surface area contributed by atoms with Crippen molar-refractivity contribution < 1.29 is 19.1 Å².